The summed E-state index contributed by atoms with van der Waals surface area (Å²) in [4.78, 5) is 23.2. The van der Waals surface area contributed by atoms with Gasteiger partial charge in [-0.25, -0.2) is 12.7 Å². The fourth-order valence-electron chi connectivity index (χ4n) is 5.80. The topological polar surface area (TPSA) is 90.0 Å². The molecule has 0 heterocycles. The molecule has 2 bridgehead atoms. The number of hydrogen-bond donors (Lipinski definition) is 0. The van der Waals surface area contributed by atoms with Gasteiger partial charge in [0.25, 0.3) is 10.0 Å². The number of rotatable bonds is 8. The maximum atomic E-state index is 13.7. The van der Waals surface area contributed by atoms with Crippen molar-refractivity contribution in [2.75, 3.05) is 17.5 Å². The average molecular weight is 508 g/mol. The molecule has 5 rings (SSSR count). The van der Waals surface area contributed by atoms with Gasteiger partial charge in [0.15, 0.2) is 0 Å². The zero-order chi connectivity index (χ0) is 25.6. The van der Waals surface area contributed by atoms with Crippen LogP contribution in [-0.4, -0.2) is 33.6 Å². The molecule has 0 N–H and O–H groups in total. The highest BCUT2D eigenvalue weighted by Gasteiger charge is 2.64. The standard InChI is InChI=1S/C28H29NO6S/c1-17-9-11-21(12-10-17)36(32,33)29(20-7-5-4-6-8-20)14-24-27-22-13-23(28(24)27)26(16-35-19(3)31)25(22)15-34-18(2)30/h4-12,14,22-23,27-28H,13,15-16H2,1-3H3. The predicted octanol–water partition coefficient (Wildman–Crippen LogP) is 4.39. The van der Waals surface area contributed by atoms with E-state index in [2.05, 4.69) is 0 Å². The smallest absolute Gasteiger partial charge is 0.302 e. The zero-order valence-corrected chi connectivity index (χ0v) is 21.3. The van der Waals surface area contributed by atoms with Crippen molar-refractivity contribution in [2.45, 2.75) is 32.1 Å². The molecule has 2 saturated carbocycles. The number of benzene rings is 2. The van der Waals surface area contributed by atoms with Crippen molar-refractivity contribution in [1.82, 2.24) is 0 Å². The SMILES string of the molecule is CC(=O)OCC1=C(COC(C)=O)C2CC1C1C(=CN(c3ccccc3)S(=O)(=O)c3ccc(C)cc3)C21. The molecular formula is C28H29NO6S. The number of fused-ring (bicyclic) bond motifs is 5. The minimum absolute atomic E-state index is 0.149. The lowest BCUT2D eigenvalue weighted by atomic mass is 9.92. The van der Waals surface area contributed by atoms with Gasteiger partial charge in [-0.2, -0.15) is 0 Å². The van der Waals surface area contributed by atoms with Crippen molar-refractivity contribution in [3.05, 3.63) is 83.1 Å². The lowest BCUT2D eigenvalue weighted by Gasteiger charge is -2.21. The minimum atomic E-state index is -3.84. The van der Waals surface area contributed by atoms with Crippen LogP contribution >= 0.6 is 0 Å². The molecule has 2 fully saturated rings. The van der Waals surface area contributed by atoms with E-state index in [0.29, 0.717) is 5.69 Å². The molecule has 3 aliphatic rings. The molecule has 2 aromatic rings. The number of esters is 2. The number of para-hydroxylation sites is 1. The van der Waals surface area contributed by atoms with Gasteiger partial charge in [0.1, 0.15) is 13.2 Å². The van der Waals surface area contributed by atoms with Crippen molar-refractivity contribution < 1.29 is 27.5 Å². The maximum absolute atomic E-state index is 13.7. The minimum Gasteiger partial charge on any atom is -0.461 e. The zero-order valence-electron chi connectivity index (χ0n) is 20.5. The third-order valence-corrected chi connectivity index (χ3v) is 9.15. The van der Waals surface area contributed by atoms with Gasteiger partial charge in [0, 0.05) is 20.0 Å². The van der Waals surface area contributed by atoms with Crippen LogP contribution in [0.5, 0.6) is 0 Å². The molecule has 0 radical (unpaired) electrons. The molecule has 0 aromatic heterocycles. The second-order valence-corrected chi connectivity index (χ2v) is 11.5. The van der Waals surface area contributed by atoms with Crippen molar-refractivity contribution in [3.63, 3.8) is 0 Å². The highest BCUT2D eigenvalue weighted by atomic mass is 32.2. The summed E-state index contributed by atoms with van der Waals surface area (Å²) in [5.41, 5.74) is 4.63. The lowest BCUT2D eigenvalue weighted by molar-refractivity contribution is -0.141. The molecule has 2 aromatic carbocycles. The maximum Gasteiger partial charge on any atom is 0.302 e. The van der Waals surface area contributed by atoms with E-state index >= 15 is 0 Å². The molecule has 36 heavy (non-hydrogen) atoms. The molecule has 8 heteroatoms. The van der Waals surface area contributed by atoms with Crippen molar-refractivity contribution >= 4 is 27.6 Å². The quantitative estimate of drug-likeness (QED) is 0.389. The Kier molecular flexibility index (Phi) is 6.24. The molecule has 0 spiro atoms. The fraction of sp³-hybridized carbons (Fsp3) is 0.357. The Morgan fingerprint density at radius 2 is 1.42 bits per heavy atom. The highest BCUT2D eigenvalue weighted by molar-refractivity contribution is 7.93. The number of carbonyl (C=O) groups excluding carboxylic acids is 2. The summed E-state index contributed by atoms with van der Waals surface area (Å²) in [5, 5.41) is 0. The van der Waals surface area contributed by atoms with Crippen LogP contribution in [0.15, 0.2) is 82.4 Å². The largest absolute Gasteiger partial charge is 0.461 e. The number of allylic oxidation sites excluding steroid dienone is 1. The van der Waals surface area contributed by atoms with Crippen LogP contribution in [0.1, 0.15) is 25.8 Å². The molecule has 4 unspecified atom stereocenters. The molecule has 3 aliphatic carbocycles. The summed E-state index contributed by atoms with van der Waals surface area (Å²) in [5.74, 6) is -0.0341. The lowest BCUT2D eigenvalue weighted by Crippen LogP contribution is -2.26. The van der Waals surface area contributed by atoms with Crippen LogP contribution in [-0.2, 0) is 29.1 Å². The number of aryl methyl sites for hydroxylation is 1. The van der Waals surface area contributed by atoms with E-state index in [9.17, 15) is 18.0 Å². The second-order valence-electron chi connectivity index (χ2n) is 9.69. The Labute approximate surface area is 211 Å². The molecule has 0 amide bonds. The van der Waals surface area contributed by atoms with Crippen molar-refractivity contribution in [1.29, 1.82) is 0 Å². The number of ether oxygens (including phenoxy) is 2. The summed E-state index contributed by atoms with van der Waals surface area (Å²) in [6, 6.07) is 15.9. The number of sulfonamides is 1. The van der Waals surface area contributed by atoms with Gasteiger partial charge in [0.2, 0.25) is 0 Å². The summed E-state index contributed by atoms with van der Waals surface area (Å²) in [6.07, 6.45) is 2.67. The van der Waals surface area contributed by atoms with E-state index in [1.54, 1.807) is 42.6 Å². The summed E-state index contributed by atoms with van der Waals surface area (Å²) < 4.78 is 39.5. The van der Waals surface area contributed by atoms with Crippen LogP contribution in [0.3, 0.4) is 0 Å². The molecule has 0 aliphatic heterocycles. The Morgan fingerprint density at radius 3 is 1.92 bits per heavy atom. The summed E-state index contributed by atoms with van der Waals surface area (Å²) >= 11 is 0. The van der Waals surface area contributed by atoms with Crippen molar-refractivity contribution in [2.24, 2.45) is 23.7 Å². The summed E-state index contributed by atoms with van der Waals surface area (Å²) in [6.45, 7) is 5.01. The van der Waals surface area contributed by atoms with E-state index in [1.165, 1.54) is 18.2 Å². The van der Waals surface area contributed by atoms with Gasteiger partial charge in [-0.05, 0) is 78.0 Å². The molecule has 7 nitrogen and oxygen atoms in total. The Balaban J connectivity index is 1.49. The Hall–Kier alpha value is -3.39. The van der Waals surface area contributed by atoms with Gasteiger partial charge in [-0.15, -0.1) is 0 Å². The van der Waals surface area contributed by atoms with Crippen molar-refractivity contribution in [3.8, 4) is 0 Å². The molecular weight excluding hydrogens is 478 g/mol. The van der Waals surface area contributed by atoms with E-state index in [4.69, 9.17) is 9.47 Å². The first-order chi connectivity index (χ1) is 17.2. The van der Waals surface area contributed by atoms with Crippen LogP contribution in [0.25, 0.3) is 0 Å². The van der Waals surface area contributed by atoms with Gasteiger partial charge < -0.3 is 9.47 Å². The normalized spacial score (nSPS) is 23.8. The third-order valence-electron chi connectivity index (χ3n) is 7.45. The van der Waals surface area contributed by atoms with Gasteiger partial charge >= 0.3 is 11.9 Å². The summed E-state index contributed by atoms with van der Waals surface area (Å²) in [7, 11) is -3.84. The highest BCUT2D eigenvalue weighted by Crippen LogP contribution is 2.70. The van der Waals surface area contributed by atoms with Crippen LogP contribution in [0.4, 0.5) is 5.69 Å². The monoisotopic (exact) mass is 507 g/mol. The first-order valence-corrected chi connectivity index (χ1v) is 13.5. The first-order valence-electron chi connectivity index (χ1n) is 12.0. The van der Waals surface area contributed by atoms with Crippen LogP contribution in [0, 0.1) is 30.6 Å². The molecule has 4 atom stereocenters. The average Bonchev–Trinajstić information content (AvgIpc) is 3.27. The van der Waals surface area contributed by atoms with Gasteiger partial charge in [-0.3, -0.25) is 9.59 Å². The number of nitrogens with zero attached hydrogens (tertiary/aromatic N) is 1. The predicted molar refractivity (Wildman–Crippen MR) is 134 cm³/mol. The first kappa shape index (κ1) is 24.3. The second kappa shape index (κ2) is 9.24. The Morgan fingerprint density at radius 1 is 0.889 bits per heavy atom. The Bertz CT molecular complexity index is 1320. The third kappa shape index (κ3) is 4.34. The molecule has 188 valence electrons. The van der Waals surface area contributed by atoms with E-state index < -0.39 is 10.0 Å². The molecule has 0 saturated heterocycles. The van der Waals surface area contributed by atoms with Gasteiger partial charge in [-0.1, -0.05) is 35.9 Å². The van der Waals surface area contributed by atoms with E-state index in [-0.39, 0.29) is 53.7 Å². The van der Waals surface area contributed by atoms with Crippen LogP contribution < -0.4 is 4.31 Å². The number of carbonyl (C=O) groups is 2. The van der Waals surface area contributed by atoms with E-state index in [1.807, 2.05) is 25.1 Å². The number of hydrogen-bond acceptors (Lipinski definition) is 6. The van der Waals surface area contributed by atoms with Crippen LogP contribution in [0.2, 0.25) is 0 Å². The number of anilines is 1. The van der Waals surface area contributed by atoms with Gasteiger partial charge in [0.05, 0.1) is 10.6 Å². The fourth-order valence-corrected chi connectivity index (χ4v) is 7.17. The van der Waals surface area contributed by atoms with E-state index in [0.717, 1.165) is 28.7 Å².